The molecule has 0 saturated heterocycles. The molecule has 0 aliphatic carbocycles. The summed E-state index contributed by atoms with van der Waals surface area (Å²) in [6, 6.07) is 3.41. The Kier molecular flexibility index (Phi) is 4.35. The first kappa shape index (κ1) is 11.2. The summed E-state index contributed by atoms with van der Waals surface area (Å²) in [4.78, 5) is 17.0. The van der Waals surface area contributed by atoms with Gasteiger partial charge in [-0.05, 0) is 6.42 Å². The second-order valence-electron chi connectivity index (χ2n) is 3.23. The second kappa shape index (κ2) is 5.81. The summed E-state index contributed by atoms with van der Waals surface area (Å²) in [6.45, 7) is 2.90. The molecule has 0 aliphatic heterocycles. The molecular weight excluding hydrogens is 192 g/mol. The first-order chi connectivity index (χ1) is 7.26. The van der Waals surface area contributed by atoms with Gasteiger partial charge in [0.2, 0.25) is 0 Å². The van der Waals surface area contributed by atoms with Gasteiger partial charge >= 0.3 is 5.69 Å². The highest BCUT2D eigenvalue weighted by molar-refractivity contribution is 5.38. The van der Waals surface area contributed by atoms with Gasteiger partial charge in [0.05, 0.1) is 0 Å². The van der Waals surface area contributed by atoms with Crippen LogP contribution in [0.3, 0.4) is 0 Å². The molecule has 0 unspecified atom stereocenters. The van der Waals surface area contributed by atoms with Gasteiger partial charge in [-0.15, -0.1) is 0 Å². The molecular formula is C10H14N4O. The maximum Gasteiger partial charge on any atom is 0.347 e. The van der Waals surface area contributed by atoms with Gasteiger partial charge < -0.3 is 5.32 Å². The minimum absolute atomic E-state index is 0.230. The average Bonchev–Trinajstić information content (AvgIpc) is 2.23. The largest absolute Gasteiger partial charge is 0.370 e. The third kappa shape index (κ3) is 3.81. The SMILES string of the molecule is CCCCCNc1cc(C#N)[nH]c(=O)n1. The van der Waals surface area contributed by atoms with Crippen LogP contribution in [0.15, 0.2) is 10.9 Å². The Labute approximate surface area is 88.2 Å². The summed E-state index contributed by atoms with van der Waals surface area (Å²) in [5, 5.41) is 11.6. The van der Waals surface area contributed by atoms with E-state index >= 15 is 0 Å². The molecule has 0 spiro atoms. The quantitative estimate of drug-likeness (QED) is 0.710. The molecule has 1 rings (SSSR count). The average molecular weight is 206 g/mol. The van der Waals surface area contributed by atoms with E-state index in [1.54, 1.807) is 0 Å². The van der Waals surface area contributed by atoms with Crippen LogP contribution in [0.25, 0.3) is 0 Å². The smallest absolute Gasteiger partial charge is 0.347 e. The lowest BCUT2D eigenvalue weighted by Crippen LogP contribution is -2.15. The third-order valence-electron chi connectivity index (χ3n) is 1.95. The minimum Gasteiger partial charge on any atom is -0.370 e. The molecule has 80 valence electrons. The van der Waals surface area contributed by atoms with Crippen molar-refractivity contribution in [2.45, 2.75) is 26.2 Å². The maximum absolute atomic E-state index is 11.0. The lowest BCUT2D eigenvalue weighted by Gasteiger charge is -2.03. The number of H-pyrrole nitrogens is 1. The van der Waals surface area contributed by atoms with Gasteiger partial charge in [0.15, 0.2) is 0 Å². The molecule has 0 saturated carbocycles. The molecule has 0 fully saturated rings. The van der Waals surface area contributed by atoms with E-state index in [0.717, 1.165) is 25.8 Å². The van der Waals surface area contributed by atoms with Crippen molar-refractivity contribution in [1.82, 2.24) is 9.97 Å². The Hall–Kier alpha value is -1.83. The molecule has 0 aliphatic rings. The summed E-state index contributed by atoms with van der Waals surface area (Å²) < 4.78 is 0. The summed E-state index contributed by atoms with van der Waals surface area (Å²) in [5.74, 6) is 0.464. The number of aromatic nitrogens is 2. The number of hydrogen-bond acceptors (Lipinski definition) is 4. The van der Waals surface area contributed by atoms with Gasteiger partial charge in [-0.1, -0.05) is 19.8 Å². The van der Waals surface area contributed by atoms with Crippen molar-refractivity contribution >= 4 is 5.82 Å². The molecule has 1 aromatic heterocycles. The highest BCUT2D eigenvalue weighted by Gasteiger charge is 1.98. The highest BCUT2D eigenvalue weighted by atomic mass is 16.1. The lowest BCUT2D eigenvalue weighted by molar-refractivity contribution is 0.741. The van der Waals surface area contributed by atoms with Gasteiger partial charge in [0.25, 0.3) is 0 Å². The topological polar surface area (TPSA) is 81.6 Å². The first-order valence-electron chi connectivity index (χ1n) is 5.01. The molecule has 15 heavy (non-hydrogen) atoms. The monoisotopic (exact) mass is 206 g/mol. The zero-order valence-corrected chi connectivity index (χ0v) is 8.71. The van der Waals surface area contributed by atoms with Crippen LogP contribution < -0.4 is 11.0 Å². The Balaban J connectivity index is 2.58. The fourth-order valence-electron chi connectivity index (χ4n) is 1.20. The molecule has 0 amide bonds. The van der Waals surface area contributed by atoms with Crippen molar-refractivity contribution in [2.24, 2.45) is 0 Å². The number of unbranched alkanes of at least 4 members (excludes halogenated alkanes) is 2. The number of nitrogens with zero attached hydrogens (tertiary/aromatic N) is 2. The van der Waals surface area contributed by atoms with E-state index in [1.165, 1.54) is 6.07 Å². The normalized spacial score (nSPS) is 9.60. The number of hydrogen-bond donors (Lipinski definition) is 2. The van der Waals surface area contributed by atoms with Crippen molar-refractivity contribution in [2.75, 3.05) is 11.9 Å². The minimum atomic E-state index is -0.493. The number of anilines is 1. The third-order valence-corrected chi connectivity index (χ3v) is 1.95. The van der Waals surface area contributed by atoms with Gasteiger partial charge in [-0.2, -0.15) is 10.2 Å². The second-order valence-corrected chi connectivity index (χ2v) is 3.23. The van der Waals surface area contributed by atoms with E-state index in [-0.39, 0.29) is 5.69 Å². The Bertz CT molecular complexity index is 405. The van der Waals surface area contributed by atoms with Crippen LogP contribution in [0, 0.1) is 11.3 Å². The summed E-state index contributed by atoms with van der Waals surface area (Å²) in [6.07, 6.45) is 3.32. The lowest BCUT2D eigenvalue weighted by atomic mass is 10.2. The summed E-state index contributed by atoms with van der Waals surface area (Å²) in [5.41, 5.74) is -0.264. The van der Waals surface area contributed by atoms with Crippen LogP contribution in [0.1, 0.15) is 31.9 Å². The van der Waals surface area contributed by atoms with Crippen molar-refractivity contribution in [1.29, 1.82) is 5.26 Å². The van der Waals surface area contributed by atoms with Crippen LogP contribution >= 0.6 is 0 Å². The summed E-state index contributed by atoms with van der Waals surface area (Å²) >= 11 is 0. The fraction of sp³-hybridized carbons (Fsp3) is 0.500. The number of aromatic amines is 1. The van der Waals surface area contributed by atoms with E-state index < -0.39 is 5.69 Å². The van der Waals surface area contributed by atoms with Crippen LogP contribution in [0.4, 0.5) is 5.82 Å². The number of nitrogens with one attached hydrogen (secondary N) is 2. The van der Waals surface area contributed by atoms with Gasteiger partial charge in [0.1, 0.15) is 17.6 Å². The zero-order valence-electron chi connectivity index (χ0n) is 8.71. The van der Waals surface area contributed by atoms with Gasteiger partial charge in [-0.3, -0.25) is 4.98 Å². The van der Waals surface area contributed by atoms with E-state index in [0.29, 0.717) is 5.82 Å². The van der Waals surface area contributed by atoms with Crippen molar-refractivity contribution in [3.63, 3.8) is 0 Å². The molecule has 0 bridgehead atoms. The Morgan fingerprint density at radius 3 is 3.07 bits per heavy atom. The van der Waals surface area contributed by atoms with Crippen molar-refractivity contribution in [3.8, 4) is 6.07 Å². The van der Waals surface area contributed by atoms with Crippen LogP contribution in [0.5, 0.6) is 0 Å². The zero-order chi connectivity index (χ0) is 11.1. The van der Waals surface area contributed by atoms with Crippen LogP contribution in [-0.4, -0.2) is 16.5 Å². The van der Waals surface area contributed by atoms with E-state index in [2.05, 4.69) is 22.2 Å². The summed E-state index contributed by atoms with van der Waals surface area (Å²) in [7, 11) is 0. The van der Waals surface area contributed by atoms with E-state index in [1.807, 2.05) is 6.07 Å². The molecule has 0 atom stereocenters. The molecule has 5 nitrogen and oxygen atoms in total. The molecule has 0 aromatic carbocycles. The van der Waals surface area contributed by atoms with Gasteiger partial charge in [0, 0.05) is 12.6 Å². The Morgan fingerprint density at radius 1 is 1.60 bits per heavy atom. The number of nitriles is 1. The van der Waals surface area contributed by atoms with Crippen LogP contribution in [0.2, 0.25) is 0 Å². The standard InChI is InChI=1S/C10H14N4O/c1-2-3-4-5-12-9-6-8(7-11)13-10(15)14-9/h6H,2-5H2,1H3,(H2,12,13,14,15). The Morgan fingerprint density at radius 2 is 2.40 bits per heavy atom. The predicted molar refractivity (Wildman–Crippen MR) is 57.6 cm³/mol. The molecule has 1 aromatic rings. The van der Waals surface area contributed by atoms with Crippen molar-refractivity contribution < 1.29 is 0 Å². The molecule has 2 N–H and O–H groups in total. The predicted octanol–water partition coefficient (Wildman–Crippen LogP) is 1.24. The molecule has 0 radical (unpaired) electrons. The van der Waals surface area contributed by atoms with Crippen LogP contribution in [-0.2, 0) is 0 Å². The molecule has 1 heterocycles. The maximum atomic E-state index is 11.0. The molecule has 5 heteroatoms. The van der Waals surface area contributed by atoms with E-state index in [9.17, 15) is 4.79 Å². The van der Waals surface area contributed by atoms with Crippen molar-refractivity contribution in [3.05, 3.63) is 22.2 Å². The number of rotatable bonds is 5. The van der Waals surface area contributed by atoms with E-state index in [4.69, 9.17) is 5.26 Å². The van der Waals surface area contributed by atoms with Gasteiger partial charge in [-0.25, -0.2) is 4.79 Å². The highest BCUT2D eigenvalue weighted by Crippen LogP contribution is 2.01. The first-order valence-corrected chi connectivity index (χ1v) is 5.01. The fourth-order valence-corrected chi connectivity index (χ4v) is 1.20.